The van der Waals surface area contributed by atoms with Gasteiger partial charge in [0.1, 0.15) is 6.15 Å². The fourth-order valence-electron chi connectivity index (χ4n) is 9.29. The molecule has 0 fully saturated rings. The minimum absolute atomic E-state index is 0.00786. The monoisotopic (exact) mass is 1210 g/mol. The first-order chi connectivity index (χ1) is 38.0. The van der Waals surface area contributed by atoms with Gasteiger partial charge in [0.25, 0.3) is 5.69 Å². The van der Waals surface area contributed by atoms with Crippen molar-refractivity contribution >= 4 is 50.3 Å². The van der Waals surface area contributed by atoms with Gasteiger partial charge < -0.3 is 0 Å². The summed E-state index contributed by atoms with van der Waals surface area (Å²) in [6, 6.07) is 10.3. The average Bonchev–Trinajstić information content (AvgIpc) is 3.55. The summed E-state index contributed by atoms with van der Waals surface area (Å²) < 4.78 is 343. The second-order valence-electron chi connectivity index (χ2n) is 18.8. The molecule has 0 unspecified atom stereocenters. The maximum absolute atomic E-state index is 14.2. The Balaban J connectivity index is 0.000000352. The molecule has 444 valence electrons. The molecule has 0 N–H and O–H groups in total. The molecule has 0 aliphatic rings. The van der Waals surface area contributed by atoms with Crippen LogP contribution in [0.4, 0.5) is 105 Å². The van der Waals surface area contributed by atoms with E-state index >= 15 is 0 Å². The number of fused-ring (bicyclic) bond motifs is 1. The second kappa shape index (κ2) is 23.2. The summed E-state index contributed by atoms with van der Waals surface area (Å²) in [5.74, 6) is 0.115. The van der Waals surface area contributed by atoms with Crippen molar-refractivity contribution in [3.8, 4) is 0 Å². The van der Waals surface area contributed by atoms with Gasteiger partial charge in [-0.3, -0.25) is 9.59 Å². The van der Waals surface area contributed by atoms with Crippen molar-refractivity contribution in [2.45, 2.75) is 88.6 Å². The van der Waals surface area contributed by atoms with E-state index in [0.29, 0.717) is 17.7 Å². The number of ketones is 2. The largest absolute Gasteiger partial charge is 0.416 e. The predicted molar refractivity (Wildman–Crippen MR) is 253 cm³/mol. The summed E-state index contributed by atoms with van der Waals surface area (Å²) in [4.78, 5) is 25.6. The Morgan fingerprint density at radius 2 is 0.675 bits per heavy atom. The first-order valence-electron chi connectivity index (χ1n) is 23.8. The lowest BCUT2D eigenvalue weighted by molar-refractivity contribution is -0.683. The normalized spacial score (nSPS) is 13.2. The van der Waals surface area contributed by atoms with E-state index in [1.165, 1.54) is 0 Å². The molecule has 83 heavy (non-hydrogen) atoms. The van der Waals surface area contributed by atoms with Crippen LogP contribution in [0.2, 0.25) is 0 Å². The quantitative estimate of drug-likeness (QED) is 0.0402. The number of Topliss-reactive ketones (excluding diaryl/α,β-unsaturated/α-hetero) is 2. The number of unbranched alkanes of at least 4 members (excludes halogenated alkanes) is 2. The number of carbonyl (C=O) groups is 2. The van der Waals surface area contributed by atoms with Gasteiger partial charge in [-0.25, -0.2) is 0 Å². The number of carbonyl (C=O) groups excluding carboxylic acids is 2. The van der Waals surface area contributed by atoms with Crippen LogP contribution >= 0.6 is 0 Å². The van der Waals surface area contributed by atoms with Crippen molar-refractivity contribution in [2.75, 3.05) is 0 Å². The molecular formula is C55H36BF24NO2. The summed E-state index contributed by atoms with van der Waals surface area (Å²) in [6.45, 7) is 2.30. The van der Waals surface area contributed by atoms with Crippen molar-refractivity contribution in [1.29, 1.82) is 0 Å². The predicted octanol–water partition coefficient (Wildman–Crippen LogP) is 16.0. The van der Waals surface area contributed by atoms with E-state index in [0.717, 1.165) is 30.0 Å². The third-order valence-electron chi connectivity index (χ3n) is 13.1. The number of hydrogen-bond donors (Lipinski definition) is 0. The number of hydrogen-bond acceptors (Lipinski definition) is 2. The van der Waals surface area contributed by atoms with Crippen LogP contribution in [0.3, 0.4) is 0 Å². The molecule has 1 heterocycles. The van der Waals surface area contributed by atoms with Crippen molar-refractivity contribution in [3.63, 3.8) is 0 Å². The van der Waals surface area contributed by atoms with E-state index in [1.807, 2.05) is 71.4 Å². The van der Waals surface area contributed by atoms with Crippen LogP contribution in [-0.4, -0.2) is 17.7 Å². The van der Waals surface area contributed by atoms with Crippen molar-refractivity contribution in [3.05, 3.63) is 195 Å². The van der Waals surface area contributed by atoms with E-state index in [4.69, 9.17) is 0 Å². The molecule has 0 amide bonds. The van der Waals surface area contributed by atoms with Crippen LogP contribution in [0.1, 0.15) is 98.0 Å². The Hall–Kier alpha value is -7.55. The van der Waals surface area contributed by atoms with E-state index < -0.39 is 195 Å². The lowest BCUT2D eigenvalue weighted by atomic mass is 9.12. The Kier molecular flexibility index (Phi) is 18.1. The van der Waals surface area contributed by atoms with Gasteiger partial charge >= 0.3 is 49.4 Å². The molecule has 7 aromatic rings. The highest BCUT2D eigenvalue weighted by Crippen LogP contribution is 2.41. The molecular weight excluding hydrogens is 1170 g/mol. The Bertz CT molecular complexity index is 3060. The molecule has 0 aliphatic heterocycles. The summed E-state index contributed by atoms with van der Waals surface area (Å²) in [6.07, 6.45) is -49.4. The molecule has 28 heteroatoms. The molecule has 0 radical (unpaired) electrons. The van der Waals surface area contributed by atoms with Crippen LogP contribution in [0.15, 0.2) is 140 Å². The fourth-order valence-corrected chi connectivity index (χ4v) is 9.29. The van der Waals surface area contributed by atoms with Crippen LogP contribution in [0.25, 0.3) is 10.8 Å². The van der Waals surface area contributed by atoms with Gasteiger partial charge in [0.15, 0.2) is 6.20 Å². The van der Waals surface area contributed by atoms with E-state index in [-0.39, 0.29) is 18.1 Å². The van der Waals surface area contributed by atoms with Gasteiger partial charge in [0.2, 0.25) is 18.1 Å². The molecule has 7 rings (SSSR count). The number of pyridine rings is 1. The van der Waals surface area contributed by atoms with Gasteiger partial charge in [0.05, 0.1) is 49.9 Å². The van der Waals surface area contributed by atoms with Crippen LogP contribution in [0, 0.1) is 0 Å². The number of halogens is 24. The number of alkyl halides is 24. The van der Waals surface area contributed by atoms with Crippen molar-refractivity contribution < 1.29 is 120 Å². The summed E-state index contributed by atoms with van der Waals surface area (Å²) >= 11 is 0. The van der Waals surface area contributed by atoms with Crippen molar-refractivity contribution in [2.24, 2.45) is 0 Å². The zero-order chi connectivity index (χ0) is 62.3. The molecule has 1 aromatic heterocycles. The average molecular weight is 1210 g/mol. The molecule has 0 saturated heterocycles. The molecule has 6 aromatic carbocycles. The zero-order valence-electron chi connectivity index (χ0n) is 41.7. The van der Waals surface area contributed by atoms with Crippen LogP contribution in [0.5, 0.6) is 0 Å². The zero-order valence-corrected chi connectivity index (χ0v) is 41.7. The van der Waals surface area contributed by atoms with Gasteiger partial charge in [-0.05, 0) is 42.1 Å². The number of nitrogens with zero attached hydrogens (tertiary/aromatic N) is 1. The topological polar surface area (TPSA) is 38.0 Å². The maximum Gasteiger partial charge on any atom is 0.416 e. The highest BCUT2D eigenvalue weighted by molar-refractivity contribution is 7.20. The van der Waals surface area contributed by atoms with Crippen LogP contribution < -0.4 is 26.4 Å². The summed E-state index contributed by atoms with van der Waals surface area (Å²) in [5, 5.41) is 1.94. The molecule has 0 aliphatic carbocycles. The van der Waals surface area contributed by atoms with Gasteiger partial charge in [-0.15, -0.1) is 0 Å². The van der Waals surface area contributed by atoms with Gasteiger partial charge in [0, 0.05) is 18.1 Å². The third kappa shape index (κ3) is 15.0. The lowest BCUT2D eigenvalue weighted by Crippen LogP contribution is -2.75. The summed E-state index contributed by atoms with van der Waals surface area (Å²) in [7, 11) is 0. The standard InChI is InChI=1S/C32H12BF24.C23H24NO2/c34-25(35,36)13-1-14(26(37,38)39)6-21(5-13)33(22-7-15(27(40,41)42)2-16(8-22)28(43,44)45,23-9-17(29(46,47)48)3-18(10-23)30(49,50)51)24-11-19(31(52,53)54)4-20(12-24)32(55,56)57;1-2-3-5-14-21(25)23-20-13-9-8-10-18(20)15-16-24(23)17-22(26)19-11-6-4-7-12-19/h1-12H;4,6-13,15-16H,2-3,5,14,17H2,1H3/q-1;+1. The molecule has 3 nitrogen and oxygen atoms in total. The first-order valence-corrected chi connectivity index (χ1v) is 23.8. The van der Waals surface area contributed by atoms with E-state index in [9.17, 15) is 115 Å². The van der Waals surface area contributed by atoms with E-state index in [2.05, 4.69) is 6.92 Å². The minimum Gasteiger partial charge on any atom is -0.287 e. The Morgan fingerprint density at radius 1 is 0.373 bits per heavy atom. The van der Waals surface area contributed by atoms with Gasteiger partial charge in [-0.1, -0.05) is 117 Å². The molecule has 0 saturated carbocycles. The van der Waals surface area contributed by atoms with Gasteiger partial charge in [-0.2, -0.15) is 132 Å². The number of benzene rings is 6. The molecule has 0 bridgehead atoms. The number of aromatic nitrogens is 1. The maximum atomic E-state index is 14.2. The first kappa shape index (κ1) is 64.6. The lowest BCUT2D eigenvalue weighted by Gasteiger charge is -2.46. The second-order valence-corrected chi connectivity index (χ2v) is 18.8. The Morgan fingerprint density at radius 3 is 0.976 bits per heavy atom. The van der Waals surface area contributed by atoms with Crippen molar-refractivity contribution in [1.82, 2.24) is 0 Å². The SMILES string of the molecule is CCCCCC(=O)c1c2ccccc2cc[n+]1CC(=O)c1ccccc1.FC(F)(F)c1cc([B-](c2cc(C(F)(F)F)cc(C(F)(F)F)c2)(c2cc(C(F)(F)F)cc(C(F)(F)F)c2)c2cc(C(F)(F)F)cc(C(F)(F)F)c2)cc(C(F)(F)F)c1. The van der Waals surface area contributed by atoms with Crippen LogP contribution in [-0.2, 0) is 56.0 Å². The third-order valence-corrected chi connectivity index (χ3v) is 13.1. The summed E-state index contributed by atoms with van der Waals surface area (Å²) in [5.41, 5.74) is -28.9. The Labute approximate surface area is 453 Å². The molecule has 0 atom stereocenters. The smallest absolute Gasteiger partial charge is 0.287 e. The highest BCUT2D eigenvalue weighted by atomic mass is 19.4. The number of rotatable bonds is 12. The fraction of sp³-hybridized carbons (Fsp3) is 0.255. The van der Waals surface area contributed by atoms with E-state index in [1.54, 1.807) is 0 Å². The minimum atomic E-state index is -6.13. The molecule has 0 spiro atoms. The highest BCUT2D eigenvalue weighted by Gasteiger charge is 2.47.